The molecule has 0 bridgehead atoms. The third kappa shape index (κ3) is 2.89. The summed E-state index contributed by atoms with van der Waals surface area (Å²) in [4.78, 5) is 13.2. The van der Waals surface area contributed by atoms with Gasteiger partial charge in [0.05, 0.1) is 18.9 Å². The minimum atomic E-state index is 0.729. The van der Waals surface area contributed by atoms with Crippen LogP contribution in [-0.2, 0) is 4.74 Å². The number of aryl methyl sites for hydroxylation is 1. The number of aromatic nitrogens is 4. The van der Waals surface area contributed by atoms with Gasteiger partial charge in [0, 0.05) is 35.7 Å². The lowest BCUT2D eigenvalue weighted by Gasteiger charge is -2.28. The van der Waals surface area contributed by atoms with Gasteiger partial charge in [0.15, 0.2) is 0 Å². The largest absolute Gasteiger partial charge is 0.378 e. The molecular weight excluding hydrogens is 358 g/mol. The van der Waals surface area contributed by atoms with Crippen molar-refractivity contribution in [2.75, 3.05) is 31.2 Å². The second-order valence-electron chi connectivity index (χ2n) is 6.54. The lowest BCUT2D eigenvalue weighted by Crippen LogP contribution is -2.36. The summed E-state index contributed by atoms with van der Waals surface area (Å²) in [5.41, 5.74) is 5.05. The van der Waals surface area contributed by atoms with Crippen LogP contribution in [0.15, 0.2) is 42.0 Å². The minimum absolute atomic E-state index is 0.729. The molecule has 0 spiro atoms. The number of aromatic amines is 1. The predicted octanol–water partition coefficient (Wildman–Crippen LogP) is 3.89. The Hall–Kier alpha value is -2.77. The molecule has 1 saturated heterocycles. The Labute approximate surface area is 160 Å². The molecule has 7 heteroatoms. The maximum absolute atomic E-state index is 5.52. The van der Waals surface area contributed by atoms with Crippen LogP contribution in [-0.4, -0.2) is 46.5 Å². The van der Waals surface area contributed by atoms with Crippen molar-refractivity contribution in [2.45, 2.75) is 6.92 Å². The highest BCUT2D eigenvalue weighted by Gasteiger charge is 2.19. The first kappa shape index (κ1) is 16.4. The number of morpholine rings is 1. The molecule has 4 aromatic rings. The van der Waals surface area contributed by atoms with Crippen LogP contribution < -0.4 is 4.90 Å². The van der Waals surface area contributed by atoms with Crippen LogP contribution in [0.5, 0.6) is 0 Å². The summed E-state index contributed by atoms with van der Waals surface area (Å²) in [6, 6.07) is 8.38. The highest BCUT2D eigenvalue weighted by atomic mass is 32.1. The van der Waals surface area contributed by atoms with E-state index in [4.69, 9.17) is 9.72 Å². The molecule has 0 amide bonds. The van der Waals surface area contributed by atoms with Gasteiger partial charge >= 0.3 is 0 Å². The molecule has 6 nitrogen and oxygen atoms in total. The lowest BCUT2D eigenvalue weighted by molar-refractivity contribution is 0.122. The zero-order valence-electron chi connectivity index (χ0n) is 15.0. The maximum atomic E-state index is 5.52. The number of nitrogens with zero attached hydrogens (tertiary/aromatic N) is 4. The first-order chi connectivity index (χ1) is 13.3. The van der Waals surface area contributed by atoms with Gasteiger partial charge in [-0.3, -0.25) is 10.1 Å². The molecule has 0 unspecified atom stereocenters. The number of pyridine rings is 2. The highest BCUT2D eigenvalue weighted by Crippen LogP contribution is 2.37. The fourth-order valence-corrected chi connectivity index (χ4v) is 4.28. The molecule has 1 aliphatic rings. The van der Waals surface area contributed by atoms with Gasteiger partial charge in [-0.15, -0.1) is 11.3 Å². The van der Waals surface area contributed by atoms with Crippen molar-refractivity contribution < 1.29 is 4.74 Å². The number of anilines is 1. The SMILES string of the molecule is Cc1sccc1-c1cc(N2CCOCC2)nc2c(-c3ccn[nH]3)nccc12. The van der Waals surface area contributed by atoms with Crippen LogP contribution in [0.4, 0.5) is 5.82 Å². The summed E-state index contributed by atoms with van der Waals surface area (Å²) in [5, 5.41) is 10.4. The smallest absolute Gasteiger partial charge is 0.130 e. The number of hydrogen-bond acceptors (Lipinski definition) is 6. The molecule has 1 fully saturated rings. The Kier molecular flexibility index (Phi) is 4.10. The minimum Gasteiger partial charge on any atom is -0.378 e. The first-order valence-electron chi connectivity index (χ1n) is 8.98. The van der Waals surface area contributed by atoms with E-state index >= 15 is 0 Å². The zero-order valence-corrected chi connectivity index (χ0v) is 15.8. The van der Waals surface area contributed by atoms with Crippen LogP contribution in [0.25, 0.3) is 33.4 Å². The Bertz CT molecular complexity index is 1080. The van der Waals surface area contributed by atoms with Crippen molar-refractivity contribution in [3.05, 3.63) is 46.9 Å². The van der Waals surface area contributed by atoms with Crippen LogP contribution in [0, 0.1) is 6.92 Å². The number of thiophene rings is 1. The second-order valence-corrected chi connectivity index (χ2v) is 7.66. The van der Waals surface area contributed by atoms with E-state index in [1.807, 2.05) is 12.3 Å². The molecular formula is C20H19N5OS. The van der Waals surface area contributed by atoms with Gasteiger partial charge in [-0.25, -0.2) is 4.98 Å². The predicted molar refractivity (Wildman–Crippen MR) is 108 cm³/mol. The van der Waals surface area contributed by atoms with Gasteiger partial charge in [0.25, 0.3) is 0 Å². The van der Waals surface area contributed by atoms with E-state index in [1.165, 1.54) is 16.0 Å². The molecule has 4 aromatic heterocycles. The fraction of sp³-hybridized carbons (Fsp3) is 0.250. The number of hydrogen-bond donors (Lipinski definition) is 1. The van der Waals surface area contributed by atoms with Gasteiger partial charge in [-0.2, -0.15) is 5.10 Å². The molecule has 0 saturated carbocycles. The Balaban J connectivity index is 1.79. The quantitative estimate of drug-likeness (QED) is 0.587. The molecule has 0 atom stereocenters. The van der Waals surface area contributed by atoms with Crippen molar-refractivity contribution in [3.8, 4) is 22.5 Å². The molecule has 0 aliphatic carbocycles. The summed E-state index contributed by atoms with van der Waals surface area (Å²) in [7, 11) is 0. The van der Waals surface area contributed by atoms with E-state index in [0.717, 1.165) is 54.4 Å². The van der Waals surface area contributed by atoms with Crippen molar-refractivity contribution in [3.63, 3.8) is 0 Å². The van der Waals surface area contributed by atoms with Crippen molar-refractivity contribution in [2.24, 2.45) is 0 Å². The molecule has 27 heavy (non-hydrogen) atoms. The van der Waals surface area contributed by atoms with E-state index in [1.54, 1.807) is 17.5 Å². The summed E-state index contributed by atoms with van der Waals surface area (Å²) in [6.07, 6.45) is 3.59. The number of H-pyrrole nitrogens is 1. The van der Waals surface area contributed by atoms with Crippen molar-refractivity contribution >= 4 is 28.1 Å². The summed E-state index contributed by atoms with van der Waals surface area (Å²) >= 11 is 1.77. The Morgan fingerprint density at radius 1 is 1.11 bits per heavy atom. The second kappa shape index (κ2) is 6.75. The lowest BCUT2D eigenvalue weighted by atomic mass is 10.0. The molecule has 0 radical (unpaired) electrons. The van der Waals surface area contributed by atoms with E-state index in [0.29, 0.717) is 0 Å². The standard InChI is InChI=1S/C20H19N5OS/c1-13-14(4-11-27-13)16-12-18(25-7-9-26-10-8-25)23-19-15(16)2-5-21-20(19)17-3-6-22-24-17/h2-6,11-12H,7-10H2,1H3,(H,22,24). The average molecular weight is 377 g/mol. The third-order valence-corrected chi connectivity index (χ3v) is 5.80. The van der Waals surface area contributed by atoms with E-state index < -0.39 is 0 Å². The van der Waals surface area contributed by atoms with Gasteiger partial charge in [0.2, 0.25) is 0 Å². The van der Waals surface area contributed by atoms with Crippen molar-refractivity contribution in [1.82, 2.24) is 20.2 Å². The van der Waals surface area contributed by atoms with Crippen LogP contribution in [0.1, 0.15) is 4.88 Å². The summed E-state index contributed by atoms with van der Waals surface area (Å²) in [5.74, 6) is 0.972. The topological polar surface area (TPSA) is 66.9 Å². The molecule has 0 aromatic carbocycles. The Morgan fingerprint density at radius 3 is 2.74 bits per heavy atom. The number of ether oxygens (including phenoxy) is 1. The number of rotatable bonds is 3. The summed E-state index contributed by atoms with van der Waals surface area (Å²) in [6.45, 7) is 5.32. The number of nitrogens with one attached hydrogen (secondary N) is 1. The fourth-order valence-electron chi connectivity index (χ4n) is 3.56. The molecule has 5 heterocycles. The summed E-state index contributed by atoms with van der Waals surface area (Å²) < 4.78 is 5.52. The molecule has 1 aliphatic heterocycles. The highest BCUT2D eigenvalue weighted by molar-refractivity contribution is 7.10. The molecule has 1 N–H and O–H groups in total. The van der Waals surface area contributed by atoms with Crippen LogP contribution in [0.3, 0.4) is 0 Å². The van der Waals surface area contributed by atoms with Crippen LogP contribution >= 0.6 is 11.3 Å². The third-order valence-electron chi connectivity index (χ3n) is 4.95. The van der Waals surface area contributed by atoms with Crippen LogP contribution in [0.2, 0.25) is 0 Å². The normalized spacial score (nSPS) is 14.8. The molecule has 5 rings (SSSR count). The number of fused-ring (bicyclic) bond motifs is 1. The van der Waals surface area contributed by atoms with E-state index in [-0.39, 0.29) is 0 Å². The maximum Gasteiger partial charge on any atom is 0.130 e. The Morgan fingerprint density at radius 2 is 2.00 bits per heavy atom. The van der Waals surface area contributed by atoms with Gasteiger partial charge in [-0.05, 0) is 47.7 Å². The van der Waals surface area contributed by atoms with Gasteiger partial charge < -0.3 is 9.64 Å². The van der Waals surface area contributed by atoms with Gasteiger partial charge in [0.1, 0.15) is 17.0 Å². The van der Waals surface area contributed by atoms with E-state index in [2.05, 4.69) is 50.6 Å². The van der Waals surface area contributed by atoms with Gasteiger partial charge in [-0.1, -0.05) is 0 Å². The van der Waals surface area contributed by atoms with E-state index in [9.17, 15) is 0 Å². The zero-order chi connectivity index (χ0) is 18.2. The molecule has 136 valence electrons. The van der Waals surface area contributed by atoms with Crippen molar-refractivity contribution in [1.29, 1.82) is 0 Å². The average Bonchev–Trinajstić information content (AvgIpc) is 3.39. The first-order valence-corrected chi connectivity index (χ1v) is 9.86. The monoisotopic (exact) mass is 377 g/mol.